The third kappa shape index (κ3) is 2.79. The van der Waals surface area contributed by atoms with Gasteiger partial charge in [0.2, 0.25) is 11.1 Å². The number of nitrogens with one attached hydrogen (secondary N) is 1. The molecule has 17 heavy (non-hydrogen) atoms. The molecule has 0 aliphatic carbocycles. The van der Waals surface area contributed by atoms with Crippen molar-refractivity contribution in [2.24, 2.45) is 0 Å². The van der Waals surface area contributed by atoms with Crippen molar-refractivity contribution in [3.8, 4) is 0 Å². The Morgan fingerprint density at radius 1 is 1.41 bits per heavy atom. The predicted molar refractivity (Wildman–Crippen MR) is 61.9 cm³/mol. The number of carbonyl (C=O) groups excluding carboxylic acids is 2. The Labute approximate surface area is 104 Å². The molecule has 2 heterocycles. The zero-order chi connectivity index (χ0) is 12.3. The predicted octanol–water partition coefficient (Wildman–Crippen LogP) is 1.29. The molecule has 0 aromatic carbocycles. The van der Waals surface area contributed by atoms with E-state index < -0.39 is 5.91 Å². The van der Waals surface area contributed by atoms with E-state index in [0.29, 0.717) is 0 Å². The molecular weight excluding hydrogens is 244 g/mol. The monoisotopic (exact) mass is 256 g/mol. The van der Waals surface area contributed by atoms with Crippen molar-refractivity contribution in [1.29, 1.82) is 0 Å². The summed E-state index contributed by atoms with van der Waals surface area (Å²) in [5, 5.41) is 2.57. The molecule has 1 fully saturated rings. The molecule has 5 nitrogen and oxygen atoms in total. The van der Waals surface area contributed by atoms with Crippen molar-refractivity contribution < 1.29 is 14.0 Å². The molecule has 2 rings (SSSR count). The Morgan fingerprint density at radius 3 is 2.71 bits per heavy atom. The van der Waals surface area contributed by atoms with Gasteiger partial charge in [-0.1, -0.05) is 0 Å². The summed E-state index contributed by atoms with van der Waals surface area (Å²) < 4.78 is 4.80. The van der Waals surface area contributed by atoms with Crippen LogP contribution >= 0.6 is 11.6 Å². The maximum Gasteiger partial charge on any atom is 0.256 e. The first kappa shape index (κ1) is 12.0. The Hall–Kier alpha value is -1.49. The molecule has 0 unspecified atom stereocenters. The fourth-order valence-electron chi connectivity index (χ4n) is 1.79. The molecule has 0 atom stereocenters. The highest BCUT2D eigenvalue weighted by Gasteiger charge is 2.19. The van der Waals surface area contributed by atoms with E-state index in [4.69, 9.17) is 16.0 Å². The Bertz CT molecular complexity index is 424. The summed E-state index contributed by atoms with van der Waals surface area (Å²) in [5.41, 5.74) is 0.251. The van der Waals surface area contributed by atoms with Crippen LogP contribution in [0.1, 0.15) is 23.2 Å². The van der Waals surface area contributed by atoms with Gasteiger partial charge in [0.1, 0.15) is 0 Å². The third-order valence-electron chi connectivity index (χ3n) is 2.72. The lowest BCUT2D eigenvalue weighted by molar-refractivity contribution is -0.129. The van der Waals surface area contributed by atoms with Gasteiger partial charge in [0, 0.05) is 13.1 Å². The van der Waals surface area contributed by atoms with Gasteiger partial charge in [-0.15, -0.1) is 0 Å². The Kier molecular flexibility index (Phi) is 3.68. The summed E-state index contributed by atoms with van der Waals surface area (Å²) in [6.07, 6.45) is 3.40. The number of hydrogen-bond acceptors (Lipinski definition) is 3. The zero-order valence-corrected chi connectivity index (χ0v) is 10.00. The second-order valence-corrected chi connectivity index (χ2v) is 4.22. The molecule has 2 amide bonds. The highest BCUT2D eigenvalue weighted by molar-refractivity contribution is 6.32. The van der Waals surface area contributed by atoms with Gasteiger partial charge in [-0.05, 0) is 30.5 Å². The van der Waals surface area contributed by atoms with E-state index in [2.05, 4.69) is 5.32 Å². The highest BCUT2D eigenvalue weighted by atomic mass is 35.5. The number of amides is 2. The van der Waals surface area contributed by atoms with Gasteiger partial charge in [0.15, 0.2) is 0 Å². The van der Waals surface area contributed by atoms with Crippen LogP contribution in [-0.2, 0) is 4.79 Å². The van der Waals surface area contributed by atoms with Gasteiger partial charge in [-0.3, -0.25) is 9.59 Å². The van der Waals surface area contributed by atoms with Crippen LogP contribution in [0.2, 0.25) is 5.22 Å². The lowest BCUT2D eigenvalue weighted by Crippen LogP contribution is -2.38. The number of carbonyl (C=O) groups is 2. The van der Waals surface area contributed by atoms with E-state index in [-0.39, 0.29) is 23.2 Å². The number of rotatable bonds is 3. The van der Waals surface area contributed by atoms with Gasteiger partial charge in [-0.2, -0.15) is 0 Å². The summed E-state index contributed by atoms with van der Waals surface area (Å²) in [6, 6.07) is 1.47. The third-order valence-corrected chi connectivity index (χ3v) is 3.01. The molecule has 1 aromatic heterocycles. The molecule has 1 aliphatic heterocycles. The smallest absolute Gasteiger partial charge is 0.256 e. The summed E-state index contributed by atoms with van der Waals surface area (Å²) >= 11 is 5.65. The van der Waals surface area contributed by atoms with E-state index in [1.54, 1.807) is 4.90 Å². The van der Waals surface area contributed by atoms with Crippen LogP contribution in [0.4, 0.5) is 0 Å². The molecule has 0 radical (unpaired) electrons. The number of hydrogen-bond donors (Lipinski definition) is 1. The van der Waals surface area contributed by atoms with E-state index in [9.17, 15) is 9.59 Å². The van der Waals surface area contributed by atoms with Crippen LogP contribution in [0.25, 0.3) is 0 Å². The maximum atomic E-state index is 11.7. The van der Waals surface area contributed by atoms with Crippen molar-refractivity contribution in [1.82, 2.24) is 10.2 Å². The van der Waals surface area contributed by atoms with Crippen LogP contribution in [0, 0.1) is 0 Å². The average molecular weight is 257 g/mol. The van der Waals surface area contributed by atoms with Crippen LogP contribution in [0.5, 0.6) is 0 Å². The van der Waals surface area contributed by atoms with Crippen LogP contribution < -0.4 is 5.32 Å². The minimum atomic E-state index is -0.392. The van der Waals surface area contributed by atoms with Gasteiger partial charge >= 0.3 is 0 Å². The average Bonchev–Trinajstić information content (AvgIpc) is 2.95. The van der Waals surface area contributed by atoms with Crippen molar-refractivity contribution >= 4 is 23.4 Å². The topological polar surface area (TPSA) is 62.6 Å². The zero-order valence-electron chi connectivity index (χ0n) is 9.24. The number of halogens is 1. The minimum Gasteiger partial charge on any atom is -0.452 e. The molecule has 92 valence electrons. The van der Waals surface area contributed by atoms with Crippen molar-refractivity contribution in [3.63, 3.8) is 0 Å². The van der Waals surface area contributed by atoms with Crippen LogP contribution in [0.15, 0.2) is 16.7 Å². The molecule has 1 N–H and O–H groups in total. The first-order valence-electron chi connectivity index (χ1n) is 5.47. The fourth-order valence-corrected chi connectivity index (χ4v) is 1.99. The molecule has 6 heteroatoms. The van der Waals surface area contributed by atoms with Crippen molar-refractivity contribution in [2.45, 2.75) is 12.8 Å². The van der Waals surface area contributed by atoms with Gasteiger partial charge < -0.3 is 14.6 Å². The van der Waals surface area contributed by atoms with Gasteiger partial charge in [0.05, 0.1) is 18.4 Å². The lowest BCUT2D eigenvalue weighted by Gasteiger charge is -2.15. The minimum absolute atomic E-state index is 0.000340. The first-order valence-corrected chi connectivity index (χ1v) is 5.85. The normalized spacial score (nSPS) is 15.0. The summed E-state index contributed by atoms with van der Waals surface area (Å²) in [7, 11) is 0. The maximum absolute atomic E-state index is 11.7. The number of likely N-dealkylation sites (tertiary alicyclic amines) is 1. The first-order chi connectivity index (χ1) is 8.18. The quantitative estimate of drug-likeness (QED) is 0.886. The van der Waals surface area contributed by atoms with E-state index >= 15 is 0 Å². The second kappa shape index (κ2) is 5.23. The van der Waals surface area contributed by atoms with Gasteiger partial charge in [0.25, 0.3) is 5.91 Å². The summed E-state index contributed by atoms with van der Waals surface area (Å²) in [6.45, 7) is 1.56. The number of furan rings is 1. The molecule has 0 bridgehead atoms. The fraction of sp³-hybridized carbons (Fsp3) is 0.455. The molecule has 0 spiro atoms. The second-order valence-electron chi connectivity index (χ2n) is 3.88. The number of nitrogens with zero attached hydrogens (tertiary/aromatic N) is 1. The highest BCUT2D eigenvalue weighted by Crippen LogP contribution is 2.16. The molecular formula is C11H13ClN2O3. The summed E-state index contributed by atoms with van der Waals surface area (Å²) in [4.78, 5) is 25.0. The van der Waals surface area contributed by atoms with Crippen LogP contribution in [0.3, 0.4) is 0 Å². The van der Waals surface area contributed by atoms with Gasteiger partial charge in [-0.25, -0.2) is 0 Å². The van der Waals surface area contributed by atoms with E-state index in [1.807, 2.05) is 0 Å². The van der Waals surface area contributed by atoms with E-state index in [0.717, 1.165) is 25.9 Å². The summed E-state index contributed by atoms with van der Waals surface area (Å²) in [5.74, 6) is -0.452. The standard InChI is InChI=1S/C11H13ClN2O3/c12-10-8(3-6-17-10)11(16)13-7-9(15)14-4-1-2-5-14/h3,6H,1-2,4-5,7H2,(H,13,16). The molecule has 0 saturated carbocycles. The molecule has 1 saturated heterocycles. The Morgan fingerprint density at radius 2 is 2.12 bits per heavy atom. The SMILES string of the molecule is O=C(NCC(=O)N1CCCC1)c1ccoc1Cl. The largest absolute Gasteiger partial charge is 0.452 e. The van der Waals surface area contributed by atoms with Crippen LogP contribution in [-0.4, -0.2) is 36.3 Å². The van der Waals surface area contributed by atoms with E-state index in [1.165, 1.54) is 12.3 Å². The molecule has 1 aliphatic rings. The van der Waals surface area contributed by atoms with Crippen molar-refractivity contribution in [3.05, 3.63) is 23.1 Å². The lowest BCUT2D eigenvalue weighted by atomic mass is 10.3. The van der Waals surface area contributed by atoms with Crippen molar-refractivity contribution in [2.75, 3.05) is 19.6 Å². The molecule has 1 aromatic rings. The Balaban J connectivity index is 1.84.